The molecule has 1 saturated heterocycles. The Balaban J connectivity index is 1.73. The molecule has 22 heavy (non-hydrogen) atoms. The molecule has 5 heteroatoms. The average molecular weight is 304 g/mol. The zero-order chi connectivity index (χ0) is 15.7. The maximum atomic E-state index is 9.84. The van der Waals surface area contributed by atoms with Gasteiger partial charge in [-0.05, 0) is 58.7 Å². The Hall–Kier alpha value is -1.20. The molecule has 0 atom stereocenters. The molecule has 2 heterocycles. The molecule has 1 aromatic rings. The fourth-order valence-corrected chi connectivity index (χ4v) is 3.96. The molecule has 0 amide bonds. The first-order chi connectivity index (χ1) is 10.5. The first kappa shape index (κ1) is 15.7. The minimum absolute atomic E-state index is 0.0335. The molecule has 0 spiro atoms. The molecule has 0 radical (unpaired) electrons. The summed E-state index contributed by atoms with van der Waals surface area (Å²) in [7, 11) is 4.16. The Morgan fingerprint density at radius 3 is 2.55 bits per heavy atom. The van der Waals surface area contributed by atoms with Gasteiger partial charge in [0.25, 0.3) is 0 Å². The number of anilines is 1. The molecule has 1 aromatic heterocycles. The van der Waals surface area contributed by atoms with Crippen molar-refractivity contribution in [2.45, 2.75) is 39.0 Å². The second kappa shape index (κ2) is 6.13. The van der Waals surface area contributed by atoms with Gasteiger partial charge in [0.2, 0.25) is 5.95 Å². The van der Waals surface area contributed by atoms with E-state index in [4.69, 9.17) is 9.97 Å². The zero-order valence-corrected chi connectivity index (χ0v) is 14.1. The Morgan fingerprint density at radius 2 is 1.91 bits per heavy atom. The summed E-state index contributed by atoms with van der Waals surface area (Å²) in [5.41, 5.74) is 3.82. The van der Waals surface area contributed by atoms with Gasteiger partial charge in [-0.15, -0.1) is 0 Å². The number of hydrogen-bond donors (Lipinski definition) is 1. The van der Waals surface area contributed by atoms with Crippen LogP contribution in [0.1, 0.15) is 36.2 Å². The highest BCUT2D eigenvalue weighted by molar-refractivity contribution is 5.39. The number of aromatic nitrogens is 2. The molecule has 0 aromatic carbocycles. The largest absolute Gasteiger partial charge is 0.396 e. The van der Waals surface area contributed by atoms with Crippen molar-refractivity contribution in [3.05, 3.63) is 17.0 Å². The number of fused-ring (bicyclic) bond motifs is 1. The van der Waals surface area contributed by atoms with Crippen molar-refractivity contribution in [2.24, 2.45) is 5.41 Å². The molecule has 5 nitrogen and oxygen atoms in total. The molecular formula is C17H28N4O. The summed E-state index contributed by atoms with van der Waals surface area (Å²) in [6.45, 7) is 5.20. The standard InChI is InChI=1S/C17H28N4O/c1-13-14-5-4-6-15(14)19-16(18-13)21-9-7-17(12-22,8-10-21)11-20(2)3/h22H,4-12H2,1-3H3. The molecule has 0 saturated carbocycles. The van der Waals surface area contributed by atoms with E-state index in [9.17, 15) is 5.11 Å². The summed E-state index contributed by atoms with van der Waals surface area (Å²) in [6.07, 6.45) is 5.45. The normalized spacial score (nSPS) is 20.5. The van der Waals surface area contributed by atoms with Crippen LogP contribution in [0.15, 0.2) is 0 Å². The summed E-state index contributed by atoms with van der Waals surface area (Å²) in [4.78, 5) is 14.0. The lowest BCUT2D eigenvalue weighted by molar-refractivity contribution is 0.0674. The second-order valence-electron chi connectivity index (χ2n) is 7.27. The summed E-state index contributed by atoms with van der Waals surface area (Å²) in [5, 5.41) is 9.84. The maximum Gasteiger partial charge on any atom is 0.225 e. The van der Waals surface area contributed by atoms with Crippen LogP contribution in [0.4, 0.5) is 5.95 Å². The first-order valence-corrected chi connectivity index (χ1v) is 8.40. The van der Waals surface area contributed by atoms with Gasteiger partial charge in [0.05, 0.1) is 6.61 Å². The van der Waals surface area contributed by atoms with Gasteiger partial charge in [-0.2, -0.15) is 0 Å². The van der Waals surface area contributed by atoms with Crippen LogP contribution in [-0.2, 0) is 12.8 Å². The number of rotatable bonds is 4. The second-order valence-corrected chi connectivity index (χ2v) is 7.27. The van der Waals surface area contributed by atoms with Gasteiger partial charge in [-0.1, -0.05) is 0 Å². The van der Waals surface area contributed by atoms with E-state index in [1.807, 2.05) is 0 Å². The lowest BCUT2D eigenvalue weighted by Crippen LogP contribution is -2.47. The monoisotopic (exact) mass is 304 g/mol. The number of hydrogen-bond acceptors (Lipinski definition) is 5. The Labute approximate surface area is 133 Å². The van der Waals surface area contributed by atoms with E-state index in [2.05, 4.69) is 30.8 Å². The van der Waals surface area contributed by atoms with Crippen molar-refractivity contribution in [1.29, 1.82) is 0 Å². The van der Waals surface area contributed by atoms with E-state index >= 15 is 0 Å². The van der Waals surface area contributed by atoms with Crippen LogP contribution in [0.25, 0.3) is 0 Å². The van der Waals surface area contributed by atoms with Crippen molar-refractivity contribution in [1.82, 2.24) is 14.9 Å². The van der Waals surface area contributed by atoms with Crippen LogP contribution >= 0.6 is 0 Å². The zero-order valence-electron chi connectivity index (χ0n) is 14.1. The highest BCUT2D eigenvalue weighted by Crippen LogP contribution is 2.33. The van der Waals surface area contributed by atoms with Gasteiger partial charge in [0, 0.05) is 36.4 Å². The van der Waals surface area contributed by atoms with Crippen LogP contribution in [0.3, 0.4) is 0 Å². The summed E-state index contributed by atoms with van der Waals surface area (Å²) < 4.78 is 0. The summed E-state index contributed by atoms with van der Waals surface area (Å²) in [6, 6.07) is 0. The molecule has 122 valence electrons. The quantitative estimate of drug-likeness (QED) is 0.911. The van der Waals surface area contributed by atoms with Crippen LogP contribution < -0.4 is 4.90 Å². The predicted octanol–water partition coefficient (Wildman–Crippen LogP) is 1.41. The number of nitrogens with zero attached hydrogens (tertiary/aromatic N) is 4. The van der Waals surface area contributed by atoms with E-state index in [-0.39, 0.29) is 12.0 Å². The SMILES string of the molecule is Cc1nc(N2CCC(CO)(CN(C)C)CC2)nc2c1CCC2. The van der Waals surface area contributed by atoms with Crippen LogP contribution in [0.5, 0.6) is 0 Å². The Morgan fingerprint density at radius 1 is 1.18 bits per heavy atom. The molecule has 1 aliphatic heterocycles. The lowest BCUT2D eigenvalue weighted by atomic mass is 9.79. The molecule has 1 fully saturated rings. The van der Waals surface area contributed by atoms with Gasteiger partial charge in [0.15, 0.2) is 0 Å². The summed E-state index contributed by atoms with van der Waals surface area (Å²) >= 11 is 0. The number of aliphatic hydroxyl groups excluding tert-OH is 1. The highest BCUT2D eigenvalue weighted by Gasteiger charge is 2.35. The van der Waals surface area contributed by atoms with E-state index < -0.39 is 0 Å². The lowest BCUT2D eigenvalue weighted by Gasteiger charge is -2.42. The maximum absolute atomic E-state index is 9.84. The van der Waals surface area contributed by atoms with E-state index in [1.54, 1.807) is 0 Å². The highest BCUT2D eigenvalue weighted by atomic mass is 16.3. The van der Waals surface area contributed by atoms with E-state index in [1.165, 1.54) is 17.7 Å². The van der Waals surface area contributed by atoms with Gasteiger partial charge in [-0.25, -0.2) is 9.97 Å². The van der Waals surface area contributed by atoms with E-state index in [0.29, 0.717) is 0 Å². The van der Waals surface area contributed by atoms with Gasteiger partial charge >= 0.3 is 0 Å². The molecule has 0 unspecified atom stereocenters. The van der Waals surface area contributed by atoms with Crippen LogP contribution in [-0.4, -0.2) is 60.3 Å². The number of aryl methyl sites for hydroxylation is 2. The van der Waals surface area contributed by atoms with Crippen molar-refractivity contribution < 1.29 is 5.11 Å². The van der Waals surface area contributed by atoms with Crippen LogP contribution in [0, 0.1) is 12.3 Å². The van der Waals surface area contributed by atoms with Crippen LogP contribution in [0.2, 0.25) is 0 Å². The third kappa shape index (κ3) is 2.97. The smallest absolute Gasteiger partial charge is 0.225 e. The Kier molecular flexibility index (Phi) is 4.37. The predicted molar refractivity (Wildman–Crippen MR) is 88.3 cm³/mol. The first-order valence-electron chi connectivity index (χ1n) is 8.40. The van der Waals surface area contributed by atoms with E-state index in [0.717, 1.165) is 57.0 Å². The third-order valence-electron chi connectivity index (χ3n) is 5.22. The summed E-state index contributed by atoms with van der Waals surface area (Å²) in [5.74, 6) is 0.898. The van der Waals surface area contributed by atoms with Crippen molar-refractivity contribution in [3.8, 4) is 0 Å². The topological polar surface area (TPSA) is 52.5 Å². The van der Waals surface area contributed by atoms with Gasteiger partial charge in [0.1, 0.15) is 0 Å². The average Bonchev–Trinajstić information content (AvgIpc) is 2.96. The minimum Gasteiger partial charge on any atom is -0.396 e. The third-order valence-corrected chi connectivity index (χ3v) is 5.22. The molecule has 1 N–H and O–H groups in total. The molecule has 0 bridgehead atoms. The number of piperidine rings is 1. The molecular weight excluding hydrogens is 276 g/mol. The van der Waals surface area contributed by atoms with Gasteiger partial charge < -0.3 is 14.9 Å². The van der Waals surface area contributed by atoms with Crippen molar-refractivity contribution >= 4 is 5.95 Å². The van der Waals surface area contributed by atoms with Gasteiger partial charge in [-0.3, -0.25) is 0 Å². The van der Waals surface area contributed by atoms with Crippen molar-refractivity contribution in [3.63, 3.8) is 0 Å². The fourth-order valence-electron chi connectivity index (χ4n) is 3.96. The molecule has 3 rings (SSSR count). The fraction of sp³-hybridized carbons (Fsp3) is 0.765. The van der Waals surface area contributed by atoms with Crippen molar-refractivity contribution in [2.75, 3.05) is 45.2 Å². The molecule has 2 aliphatic rings. The minimum atomic E-state index is 0.0335. The molecule has 1 aliphatic carbocycles. The Bertz CT molecular complexity index is 536. The number of aliphatic hydroxyl groups is 1.